The van der Waals surface area contributed by atoms with E-state index in [1.165, 1.54) is 11.8 Å². The Morgan fingerprint density at radius 3 is 2.55 bits per heavy atom. The average Bonchev–Trinajstić information content (AvgIpc) is 3.22. The van der Waals surface area contributed by atoms with Gasteiger partial charge in [-0.2, -0.15) is 0 Å². The summed E-state index contributed by atoms with van der Waals surface area (Å²) in [4.78, 5) is 25.4. The number of benzene rings is 2. The van der Waals surface area contributed by atoms with Crippen LogP contribution in [0, 0.1) is 6.92 Å². The first-order valence-electron chi connectivity index (χ1n) is 10.5. The van der Waals surface area contributed by atoms with Crippen LogP contribution in [0.5, 0.6) is 11.5 Å². The van der Waals surface area contributed by atoms with E-state index in [2.05, 4.69) is 15.5 Å². The van der Waals surface area contributed by atoms with Crippen LogP contribution in [-0.2, 0) is 9.53 Å². The second-order valence-corrected chi connectivity index (χ2v) is 8.04. The molecule has 10 heteroatoms. The van der Waals surface area contributed by atoms with Gasteiger partial charge in [0.2, 0.25) is 0 Å². The molecule has 1 N–H and O–H groups in total. The predicted molar refractivity (Wildman–Crippen MR) is 123 cm³/mol. The largest absolute Gasteiger partial charge is 0.486 e. The van der Waals surface area contributed by atoms with E-state index in [1.54, 1.807) is 49.4 Å². The smallest absolute Gasteiger partial charge is 0.338 e. The van der Waals surface area contributed by atoms with Crippen LogP contribution >= 0.6 is 11.8 Å². The maximum atomic E-state index is 12.7. The van der Waals surface area contributed by atoms with Gasteiger partial charge < -0.3 is 19.5 Å². The molecule has 1 aliphatic heterocycles. The van der Waals surface area contributed by atoms with Crippen molar-refractivity contribution in [1.82, 2.24) is 14.8 Å². The average molecular weight is 469 g/mol. The van der Waals surface area contributed by atoms with Crippen LogP contribution < -0.4 is 14.8 Å². The lowest BCUT2D eigenvalue weighted by atomic mass is 10.2. The Kier molecular flexibility index (Phi) is 6.83. The predicted octanol–water partition coefficient (Wildman–Crippen LogP) is 3.64. The van der Waals surface area contributed by atoms with E-state index in [-0.39, 0.29) is 0 Å². The molecule has 1 aromatic heterocycles. The fourth-order valence-corrected chi connectivity index (χ4v) is 3.92. The van der Waals surface area contributed by atoms with Crippen LogP contribution in [0.3, 0.4) is 0 Å². The zero-order valence-corrected chi connectivity index (χ0v) is 19.3. The summed E-state index contributed by atoms with van der Waals surface area (Å²) < 4.78 is 18.4. The molecule has 4 rings (SSSR count). The normalized spacial score (nSPS) is 13.3. The quantitative estimate of drug-likeness (QED) is 0.414. The number of hydrogen-bond acceptors (Lipinski definition) is 8. The maximum Gasteiger partial charge on any atom is 0.338 e. The van der Waals surface area contributed by atoms with E-state index < -0.39 is 18.0 Å². The first-order chi connectivity index (χ1) is 16.0. The second kappa shape index (κ2) is 9.95. The Hall–Kier alpha value is -3.53. The molecule has 0 radical (unpaired) electrons. The molecular weight excluding hydrogens is 444 g/mol. The van der Waals surface area contributed by atoms with Gasteiger partial charge >= 0.3 is 5.97 Å². The molecule has 0 saturated carbocycles. The van der Waals surface area contributed by atoms with Crippen LogP contribution in [-0.4, -0.2) is 52.2 Å². The molecule has 3 aromatic rings. The standard InChI is InChI=1S/C23H24N4O5S/c1-4-18(21(28)24-16-7-10-19-20(13-16)31-12-11-30-19)32-22(29)15-5-8-17(9-6-15)27-14(2)25-26-23(27)33-3/h5-10,13,18H,4,11-12H2,1-3H3,(H,24,28). The Labute approximate surface area is 195 Å². The third-order valence-corrected chi connectivity index (χ3v) is 5.69. The molecule has 0 saturated heterocycles. The van der Waals surface area contributed by atoms with Crippen LogP contribution in [0.4, 0.5) is 5.69 Å². The van der Waals surface area contributed by atoms with Crippen LogP contribution in [0.15, 0.2) is 47.6 Å². The summed E-state index contributed by atoms with van der Waals surface area (Å²) in [5.74, 6) is 0.960. The molecule has 9 nitrogen and oxygen atoms in total. The highest BCUT2D eigenvalue weighted by molar-refractivity contribution is 7.98. The number of rotatable bonds is 7. The molecule has 1 unspecified atom stereocenters. The summed E-state index contributed by atoms with van der Waals surface area (Å²) in [6, 6.07) is 12.0. The molecule has 0 fully saturated rings. The minimum absolute atomic E-state index is 0.331. The van der Waals surface area contributed by atoms with Crippen LogP contribution in [0.2, 0.25) is 0 Å². The molecule has 2 heterocycles. The third kappa shape index (κ3) is 4.95. The van der Waals surface area contributed by atoms with Gasteiger partial charge in [0, 0.05) is 17.4 Å². The molecule has 1 atom stereocenters. The van der Waals surface area contributed by atoms with Crippen LogP contribution in [0.1, 0.15) is 29.5 Å². The molecule has 172 valence electrons. The zero-order valence-electron chi connectivity index (χ0n) is 18.5. The van der Waals surface area contributed by atoms with Crippen LogP contribution in [0.25, 0.3) is 5.69 Å². The van der Waals surface area contributed by atoms with Gasteiger partial charge in [0.15, 0.2) is 22.8 Å². The lowest BCUT2D eigenvalue weighted by Gasteiger charge is -2.20. The molecule has 2 aromatic carbocycles. The Morgan fingerprint density at radius 1 is 1.12 bits per heavy atom. The van der Waals surface area contributed by atoms with Crippen molar-refractivity contribution in [2.75, 3.05) is 24.8 Å². The molecule has 1 amide bonds. The SMILES string of the molecule is CCC(OC(=O)c1ccc(-n2c(C)nnc2SC)cc1)C(=O)Nc1ccc2c(c1)OCCO2. The van der Waals surface area contributed by atoms with Gasteiger partial charge in [-0.25, -0.2) is 4.79 Å². The third-order valence-electron chi connectivity index (χ3n) is 5.06. The van der Waals surface area contributed by atoms with Gasteiger partial charge in [0.25, 0.3) is 5.91 Å². The van der Waals surface area contributed by atoms with Crippen molar-refractivity contribution in [2.45, 2.75) is 31.5 Å². The summed E-state index contributed by atoms with van der Waals surface area (Å²) in [6.45, 7) is 4.59. The monoisotopic (exact) mass is 468 g/mol. The Bertz CT molecular complexity index is 1160. The molecule has 0 bridgehead atoms. The number of nitrogens with zero attached hydrogens (tertiary/aromatic N) is 3. The fraction of sp³-hybridized carbons (Fsp3) is 0.304. The number of aryl methyl sites for hydroxylation is 1. The molecule has 1 aliphatic rings. The van der Waals surface area contributed by atoms with Gasteiger partial charge in [-0.15, -0.1) is 10.2 Å². The van der Waals surface area contributed by atoms with E-state index in [0.717, 1.165) is 16.7 Å². The number of hydrogen-bond donors (Lipinski definition) is 1. The van der Waals surface area contributed by atoms with Crippen molar-refractivity contribution >= 4 is 29.3 Å². The van der Waals surface area contributed by atoms with Gasteiger partial charge in [-0.3, -0.25) is 9.36 Å². The number of esters is 1. The minimum atomic E-state index is -0.937. The van der Waals surface area contributed by atoms with E-state index in [9.17, 15) is 9.59 Å². The van der Waals surface area contributed by atoms with Gasteiger partial charge in [0.05, 0.1) is 5.56 Å². The number of amides is 1. The van der Waals surface area contributed by atoms with Crippen molar-refractivity contribution < 1.29 is 23.8 Å². The summed E-state index contributed by atoms with van der Waals surface area (Å²) in [5, 5.41) is 11.7. The maximum absolute atomic E-state index is 12.7. The Morgan fingerprint density at radius 2 is 1.85 bits per heavy atom. The highest BCUT2D eigenvalue weighted by atomic mass is 32.2. The second-order valence-electron chi connectivity index (χ2n) is 7.27. The van der Waals surface area contributed by atoms with Crippen molar-refractivity contribution in [2.24, 2.45) is 0 Å². The highest BCUT2D eigenvalue weighted by Crippen LogP contribution is 2.32. The molecular formula is C23H24N4O5S. The molecule has 0 spiro atoms. The number of ether oxygens (including phenoxy) is 3. The number of fused-ring (bicyclic) bond motifs is 1. The van der Waals surface area contributed by atoms with E-state index in [0.29, 0.717) is 42.4 Å². The fourth-order valence-electron chi connectivity index (χ4n) is 3.38. The van der Waals surface area contributed by atoms with Crippen molar-refractivity contribution in [3.05, 3.63) is 53.9 Å². The number of nitrogens with one attached hydrogen (secondary N) is 1. The first-order valence-corrected chi connectivity index (χ1v) is 11.7. The summed E-state index contributed by atoms with van der Waals surface area (Å²) in [7, 11) is 0. The van der Waals surface area contributed by atoms with E-state index in [4.69, 9.17) is 14.2 Å². The zero-order chi connectivity index (χ0) is 23.4. The number of anilines is 1. The van der Waals surface area contributed by atoms with E-state index in [1.807, 2.05) is 17.7 Å². The molecule has 33 heavy (non-hydrogen) atoms. The van der Waals surface area contributed by atoms with E-state index >= 15 is 0 Å². The van der Waals surface area contributed by atoms with Crippen molar-refractivity contribution in [3.8, 4) is 17.2 Å². The van der Waals surface area contributed by atoms with Crippen molar-refractivity contribution in [1.29, 1.82) is 0 Å². The summed E-state index contributed by atoms with van der Waals surface area (Å²) in [6.07, 6.45) is 1.32. The van der Waals surface area contributed by atoms with Gasteiger partial charge in [-0.1, -0.05) is 18.7 Å². The number of carbonyl (C=O) groups excluding carboxylic acids is 2. The lowest BCUT2D eigenvalue weighted by molar-refractivity contribution is -0.124. The summed E-state index contributed by atoms with van der Waals surface area (Å²) >= 11 is 1.48. The van der Waals surface area contributed by atoms with Crippen molar-refractivity contribution in [3.63, 3.8) is 0 Å². The van der Waals surface area contributed by atoms with Gasteiger partial charge in [0.1, 0.15) is 19.0 Å². The topological polar surface area (TPSA) is 105 Å². The minimum Gasteiger partial charge on any atom is -0.486 e. The van der Waals surface area contributed by atoms with Gasteiger partial charge in [-0.05, 0) is 56.0 Å². The first kappa shape index (κ1) is 22.7. The number of thioether (sulfide) groups is 1. The molecule has 0 aliphatic carbocycles. The Balaban J connectivity index is 1.42. The number of aromatic nitrogens is 3. The number of carbonyl (C=O) groups is 2. The summed E-state index contributed by atoms with van der Waals surface area (Å²) in [5.41, 5.74) is 1.72. The lowest BCUT2D eigenvalue weighted by Crippen LogP contribution is -2.32. The highest BCUT2D eigenvalue weighted by Gasteiger charge is 2.23.